The van der Waals surface area contributed by atoms with Crippen LogP contribution in [0.25, 0.3) is 0 Å². The number of ether oxygens (including phenoxy) is 6. The van der Waals surface area contributed by atoms with Crippen LogP contribution in [0, 0.1) is 23.7 Å². The van der Waals surface area contributed by atoms with Crippen LogP contribution < -0.4 is 5.32 Å². The van der Waals surface area contributed by atoms with Gasteiger partial charge in [0.1, 0.15) is 29.5 Å². The second kappa shape index (κ2) is 15.8. The fourth-order valence-electron chi connectivity index (χ4n) is 8.51. The molecule has 2 amide bonds. The molecule has 0 aromatic rings. The Bertz CT molecular complexity index is 1440. The van der Waals surface area contributed by atoms with Gasteiger partial charge in [0.25, 0.3) is 0 Å². The average molecular weight is 738 g/mol. The number of nitrogens with one attached hydrogen (secondary N) is 1. The second-order valence-corrected chi connectivity index (χ2v) is 15.5. The smallest absolute Gasteiger partial charge is 0.411 e. The molecular weight excluding hydrogens is 682 g/mol. The second-order valence-electron chi connectivity index (χ2n) is 15.5. The highest BCUT2D eigenvalue weighted by atomic mass is 16.7. The lowest BCUT2D eigenvalue weighted by atomic mass is 9.73. The van der Waals surface area contributed by atoms with Crippen LogP contribution in [0.3, 0.4) is 0 Å². The Morgan fingerprint density at radius 1 is 0.981 bits per heavy atom. The quantitative estimate of drug-likeness (QED) is 0.246. The molecule has 4 aliphatic rings. The number of rotatable bonds is 5. The summed E-state index contributed by atoms with van der Waals surface area (Å²) >= 11 is 0. The summed E-state index contributed by atoms with van der Waals surface area (Å²) in [5, 5.41) is 2.44. The normalized spacial score (nSPS) is 41.0. The van der Waals surface area contributed by atoms with Gasteiger partial charge in [-0.3, -0.25) is 28.9 Å². The Kier molecular flexibility index (Phi) is 12.5. The highest BCUT2D eigenvalue weighted by Gasteiger charge is 2.61. The number of carbonyl (C=O) groups is 7. The number of fused-ring (bicyclic) bond motifs is 4. The van der Waals surface area contributed by atoms with Crippen LogP contribution in [0.5, 0.6) is 0 Å². The highest BCUT2D eigenvalue weighted by molar-refractivity contribution is 6.00. The highest BCUT2D eigenvalue weighted by Crippen LogP contribution is 2.43. The minimum absolute atomic E-state index is 0.149. The van der Waals surface area contributed by atoms with Crippen molar-refractivity contribution in [2.45, 2.75) is 136 Å². The predicted molar refractivity (Wildman–Crippen MR) is 182 cm³/mol. The largest absolute Gasteiger partial charge is 0.458 e. The lowest BCUT2D eigenvalue weighted by Gasteiger charge is -2.47. The number of alkyl carbamates (subject to hydrolysis) is 1. The van der Waals surface area contributed by atoms with Crippen molar-refractivity contribution in [3.63, 3.8) is 0 Å². The zero-order valence-corrected chi connectivity index (χ0v) is 32.1. The van der Waals surface area contributed by atoms with Crippen molar-refractivity contribution in [3.05, 3.63) is 0 Å². The average Bonchev–Trinajstić information content (AvgIpc) is 3.31. The Balaban J connectivity index is 1.94. The molecule has 16 nitrogen and oxygen atoms in total. The summed E-state index contributed by atoms with van der Waals surface area (Å²) in [6.45, 7) is 13.0. The number of likely N-dealkylation sites (N-methyl/N-ethyl adjacent to an activating group) is 1. The van der Waals surface area contributed by atoms with Crippen LogP contribution in [-0.2, 0) is 52.4 Å². The molecule has 4 fully saturated rings. The fourth-order valence-corrected chi connectivity index (χ4v) is 8.51. The van der Waals surface area contributed by atoms with Gasteiger partial charge in [0.15, 0.2) is 29.6 Å². The molecule has 0 aromatic carbocycles. The molecule has 0 spiro atoms. The van der Waals surface area contributed by atoms with Gasteiger partial charge in [-0.2, -0.15) is 0 Å². The molecule has 0 unspecified atom stereocenters. The number of cyclic esters (lactones) is 1. The molecule has 0 aliphatic carbocycles. The van der Waals surface area contributed by atoms with E-state index in [0.29, 0.717) is 6.42 Å². The Morgan fingerprint density at radius 2 is 1.63 bits per heavy atom. The van der Waals surface area contributed by atoms with Crippen molar-refractivity contribution in [2.24, 2.45) is 23.7 Å². The van der Waals surface area contributed by atoms with Crippen molar-refractivity contribution in [3.8, 4) is 0 Å². The number of esters is 2. The van der Waals surface area contributed by atoms with E-state index in [9.17, 15) is 33.6 Å². The van der Waals surface area contributed by atoms with Crippen LogP contribution in [-0.4, -0.2) is 132 Å². The van der Waals surface area contributed by atoms with Gasteiger partial charge in [0.05, 0.1) is 31.3 Å². The Morgan fingerprint density at radius 3 is 2.23 bits per heavy atom. The van der Waals surface area contributed by atoms with Gasteiger partial charge in [-0.1, -0.05) is 27.7 Å². The fraction of sp³-hybridized carbons (Fsp3) is 0.806. The molecule has 0 radical (unpaired) electrons. The SMILES string of the molecule is CC[C@H]1OC(=O)[C@H](C)C(=O)[C@H](C)[C@@H](O[C@@H]2O[C@H](C)C[C@H](N(C)C)[C@H]2OC(C)=O)[C@@]2(C)C[C@@H](C)C(=O)[C@H](C)[C@H]3N(CC(=O)CNC(=O)O2)C(=O)O[C@]13C. The van der Waals surface area contributed by atoms with Gasteiger partial charge in [0.2, 0.25) is 0 Å². The van der Waals surface area contributed by atoms with Crippen LogP contribution in [0.2, 0.25) is 0 Å². The molecular formula is C36H55N3O13. The van der Waals surface area contributed by atoms with Gasteiger partial charge < -0.3 is 38.6 Å². The molecule has 4 aliphatic heterocycles. The van der Waals surface area contributed by atoms with E-state index in [4.69, 9.17) is 28.4 Å². The molecule has 52 heavy (non-hydrogen) atoms. The van der Waals surface area contributed by atoms with Gasteiger partial charge in [0, 0.05) is 24.7 Å². The molecule has 1 N–H and O–H groups in total. The van der Waals surface area contributed by atoms with E-state index >= 15 is 0 Å². The number of hydrogen-bond donors (Lipinski definition) is 1. The van der Waals surface area contributed by atoms with E-state index in [1.807, 2.05) is 25.9 Å². The maximum Gasteiger partial charge on any atom is 0.411 e. The van der Waals surface area contributed by atoms with Gasteiger partial charge >= 0.3 is 24.1 Å². The summed E-state index contributed by atoms with van der Waals surface area (Å²) in [5.41, 5.74) is -3.39. The standard InChI is InChI=1S/C36H55N3O13/c1-12-25-36(9)29-19(4)26(42)17(2)14-35(8,51-33(45)37-15-23(41)16-39(29)34(46)52-36)30(20(5)27(43)21(6)31(44)49-25)50-32-28(48-22(7)40)24(38(10)11)13-18(3)47-32/h17-21,24-25,28-30,32H,12-16H2,1-11H3,(H,37,45)/t17-,18-,19+,20+,21-,24+,25-,28-,29-,30-,32+,35-,36-/m1/s1. The van der Waals surface area contributed by atoms with Crippen LogP contribution in [0.1, 0.15) is 81.6 Å². The van der Waals surface area contributed by atoms with Crippen molar-refractivity contribution in [1.29, 1.82) is 0 Å². The molecule has 0 saturated carbocycles. The monoisotopic (exact) mass is 737 g/mol. The van der Waals surface area contributed by atoms with E-state index in [1.165, 1.54) is 27.7 Å². The molecule has 2 bridgehead atoms. The number of ketones is 3. The van der Waals surface area contributed by atoms with Gasteiger partial charge in [-0.25, -0.2) is 9.59 Å². The van der Waals surface area contributed by atoms with E-state index in [2.05, 4.69) is 5.32 Å². The molecule has 13 atom stereocenters. The molecule has 0 aromatic heterocycles. The zero-order chi connectivity index (χ0) is 39.0. The third-order valence-electron chi connectivity index (χ3n) is 11.1. The summed E-state index contributed by atoms with van der Waals surface area (Å²) in [4.78, 5) is 98.3. The van der Waals surface area contributed by atoms with Gasteiger partial charge in [-0.15, -0.1) is 0 Å². The van der Waals surface area contributed by atoms with Gasteiger partial charge in [-0.05, 0) is 61.1 Å². The molecule has 4 saturated heterocycles. The van der Waals surface area contributed by atoms with Crippen molar-refractivity contribution in [2.75, 3.05) is 27.2 Å². The molecule has 4 rings (SSSR count). The van der Waals surface area contributed by atoms with E-state index in [-0.39, 0.29) is 24.7 Å². The molecule has 4 heterocycles. The van der Waals surface area contributed by atoms with Crippen LogP contribution >= 0.6 is 0 Å². The number of nitrogens with zero attached hydrogens (tertiary/aromatic N) is 2. The maximum atomic E-state index is 14.5. The van der Waals surface area contributed by atoms with E-state index < -0.39 is 120 Å². The summed E-state index contributed by atoms with van der Waals surface area (Å²) in [6.07, 6.45) is -6.66. The first-order chi connectivity index (χ1) is 24.1. The number of carbonyl (C=O) groups excluding carboxylic acids is 7. The van der Waals surface area contributed by atoms with E-state index in [0.717, 1.165) is 4.90 Å². The Labute approximate surface area is 304 Å². The Hall–Kier alpha value is -3.63. The first kappa shape index (κ1) is 41.1. The summed E-state index contributed by atoms with van der Waals surface area (Å²) in [6, 6.07) is -1.44. The topological polar surface area (TPSA) is 193 Å². The molecule has 16 heteroatoms. The maximum absolute atomic E-state index is 14.5. The first-order valence-corrected chi connectivity index (χ1v) is 18.1. The molecule has 292 valence electrons. The number of hydrogen-bond acceptors (Lipinski definition) is 14. The van der Waals surface area contributed by atoms with Crippen molar-refractivity contribution in [1.82, 2.24) is 15.1 Å². The third-order valence-corrected chi connectivity index (χ3v) is 11.1. The lowest BCUT2D eigenvalue weighted by Crippen LogP contribution is -2.61. The minimum Gasteiger partial charge on any atom is -0.458 e. The number of Topliss-reactive ketones (excluding diaryl/α,β-unsaturated/α-hetero) is 3. The predicted octanol–water partition coefficient (Wildman–Crippen LogP) is 2.42. The van der Waals surface area contributed by atoms with Crippen LogP contribution in [0.4, 0.5) is 9.59 Å². The number of amides is 2. The summed E-state index contributed by atoms with van der Waals surface area (Å²) < 4.78 is 36.5. The lowest BCUT2D eigenvalue weighted by molar-refractivity contribution is -0.295. The minimum atomic E-state index is -1.80. The van der Waals surface area contributed by atoms with Crippen molar-refractivity contribution >= 4 is 41.5 Å². The summed E-state index contributed by atoms with van der Waals surface area (Å²) in [7, 11) is 3.63. The zero-order valence-electron chi connectivity index (χ0n) is 32.1. The van der Waals surface area contributed by atoms with Crippen LogP contribution in [0.15, 0.2) is 0 Å². The van der Waals surface area contributed by atoms with Crippen molar-refractivity contribution < 1.29 is 62.0 Å². The third kappa shape index (κ3) is 8.13. The first-order valence-electron chi connectivity index (χ1n) is 18.1. The van der Waals surface area contributed by atoms with E-state index in [1.54, 1.807) is 27.7 Å². The summed E-state index contributed by atoms with van der Waals surface area (Å²) in [5.74, 6) is -7.51.